The molecule has 1 aliphatic carbocycles. The topological polar surface area (TPSA) is 39.9 Å². The highest BCUT2D eigenvalue weighted by molar-refractivity contribution is 7.99. The van der Waals surface area contributed by atoms with Crippen molar-refractivity contribution in [3.63, 3.8) is 0 Å². The largest absolute Gasteiger partial charge is 0.491 e. The Labute approximate surface area is 153 Å². The van der Waals surface area contributed by atoms with Crippen molar-refractivity contribution >= 4 is 34.7 Å². The van der Waals surface area contributed by atoms with Gasteiger partial charge in [-0.3, -0.25) is 4.57 Å². The average molecular weight is 378 g/mol. The Balaban J connectivity index is 1.41. The van der Waals surface area contributed by atoms with Gasteiger partial charge in [-0.15, -0.1) is 21.5 Å². The van der Waals surface area contributed by atoms with E-state index in [2.05, 4.69) is 32.3 Å². The standard InChI is InChI=1S/C17H16ClN3OS2/c18-13-4-1-2-5-14(13)22-9-11-24-17-20-19-16(15-6-3-10-23-15)21(17)12-7-8-12/h1-6,10,12H,7-9,11H2. The summed E-state index contributed by atoms with van der Waals surface area (Å²) in [6.45, 7) is 0.584. The number of hydrogen-bond donors (Lipinski definition) is 0. The first kappa shape index (κ1) is 16.0. The molecule has 4 rings (SSSR count). The van der Waals surface area contributed by atoms with Crippen molar-refractivity contribution in [3.05, 3.63) is 46.8 Å². The number of thiophene rings is 1. The van der Waals surface area contributed by atoms with Crippen molar-refractivity contribution in [2.45, 2.75) is 24.0 Å². The van der Waals surface area contributed by atoms with Crippen LogP contribution in [0.2, 0.25) is 5.02 Å². The van der Waals surface area contributed by atoms with Crippen LogP contribution in [0.3, 0.4) is 0 Å². The summed E-state index contributed by atoms with van der Waals surface area (Å²) >= 11 is 9.49. The lowest BCUT2D eigenvalue weighted by atomic mass is 10.3. The number of nitrogens with zero attached hydrogens (tertiary/aromatic N) is 3. The maximum atomic E-state index is 6.10. The highest BCUT2D eigenvalue weighted by Gasteiger charge is 2.30. The summed E-state index contributed by atoms with van der Waals surface area (Å²) in [6, 6.07) is 12.2. The molecular weight excluding hydrogens is 362 g/mol. The van der Waals surface area contributed by atoms with Gasteiger partial charge in [0, 0.05) is 11.8 Å². The Morgan fingerprint density at radius 2 is 2.08 bits per heavy atom. The second kappa shape index (κ2) is 7.17. The van der Waals surface area contributed by atoms with E-state index in [-0.39, 0.29) is 0 Å². The Kier molecular flexibility index (Phi) is 4.78. The summed E-state index contributed by atoms with van der Waals surface area (Å²) in [4.78, 5) is 1.17. The van der Waals surface area contributed by atoms with Crippen molar-refractivity contribution in [1.29, 1.82) is 0 Å². The van der Waals surface area contributed by atoms with Gasteiger partial charge in [0.25, 0.3) is 0 Å². The molecule has 1 aromatic carbocycles. The van der Waals surface area contributed by atoms with Crippen LogP contribution in [0.4, 0.5) is 0 Å². The van der Waals surface area contributed by atoms with E-state index in [1.165, 1.54) is 17.7 Å². The van der Waals surface area contributed by atoms with E-state index < -0.39 is 0 Å². The van der Waals surface area contributed by atoms with Crippen LogP contribution in [-0.2, 0) is 0 Å². The van der Waals surface area contributed by atoms with Gasteiger partial charge in [-0.05, 0) is 36.4 Å². The minimum Gasteiger partial charge on any atom is -0.491 e. The van der Waals surface area contributed by atoms with Crippen molar-refractivity contribution in [2.24, 2.45) is 0 Å². The van der Waals surface area contributed by atoms with E-state index in [1.807, 2.05) is 24.3 Å². The van der Waals surface area contributed by atoms with Crippen LogP contribution < -0.4 is 4.74 Å². The zero-order valence-electron chi connectivity index (χ0n) is 12.9. The third-order valence-electron chi connectivity index (χ3n) is 3.73. The van der Waals surface area contributed by atoms with Gasteiger partial charge in [-0.25, -0.2) is 0 Å². The number of ether oxygens (including phenoxy) is 1. The van der Waals surface area contributed by atoms with Crippen LogP contribution >= 0.6 is 34.7 Å². The fourth-order valence-electron chi connectivity index (χ4n) is 2.46. The third kappa shape index (κ3) is 3.45. The lowest BCUT2D eigenvalue weighted by Crippen LogP contribution is -2.03. The van der Waals surface area contributed by atoms with Crippen molar-refractivity contribution in [3.8, 4) is 16.5 Å². The van der Waals surface area contributed by atoms with E-state index >= 15 is 0 Å². The molecular formula is C17H16ClN3OS2. The summed E-state index contributed by atoms with van der Waals surface area (Å²) in [7, 11) is 0. The van der Waals surface area contributed by atoms with E-state index in [4.69, 9.17) is 16.3 Å². The second-order valence-corrected chi connectivity index (χ2v) is 7.93. The first-order valence-electron chi connectivity index (χ1n) is 7.82. The zero-order valence-corrected chi connectivity index (χ0v) is 15.3. The SMILES string of the molecule is Clc1ccccc1OCCSc1nnc(-c2cccs2)n1C1CC1. The molecule has 3 aromatic rings. The van der Waals surface area contributed by atoms with E-state index in [1.54, 1.807) is 23.1 Å². The van der Waals surface area contributed by atoms with Gasteiger partial charge in [0.05, 0.1) is 16.5 Å². The van der Waals surface area contributed by atoms with Gasteiger partial charge < -0.3 is 4.74 Å². The van der Waals surface area contributed by atoms with E-state index in [0.29, 0.717) is 17.7 Å². The van der Waals surface area contributed by atoms with E-state index in [9.17, 15) is 0 Å². The number of rotatable bonds is 7. The molecule has 1 aliphatic rings. The number of thioether (sulfide) groups is 1. The molecule has 1 saturated carbocycles. The molecule has 2 aromatic heterocycles. The molecule has 0 amide bonds. The summed E-state index contributed by atoms with van der Waals surface area (Å²) in [5, 5.41) is 12.5. The molecule has 0 spiro atoms. The Morgan fingerprint density at radius 1 is 1.21 bits per heavy atom. The summed E-state index contributed by atoms with van der Waals surface area (Å²) in [5.74, 6) is 2.52. The molecule has 7 heteroatoms. The smallest absolute Gasteiger partial charge is 0.191 e. The predicted octanol–water partition coefficient (Wildman–Crippen LogP) is 5.17. The molecule has 0 bridgehead atoms. The maximum absolute atomic E-state index is 6.10. The van der Waals surface area contributed by atoms with Crippen LogP contribution in [0.25, 0.3) is 10.7 Å². The van der Waals surface area contributed by atoms with Crippen molar-refractivity contribution in [1.82, 2.24) is 14.8 Å². The first-order valence-corrected chi connectivity index (χ1v) is 10.1. The summed E-state index contributed by atoms with van der Waals surface area (Å²) in [5.41, 5.74) is 0. The monoisotopic (exact) mass is 377 g/mol. The summed E-state index contributed by atoms with van der Waals surface area (Å²) in [6.07, 6.45) is 2.42. The molecule has 1 fully saturated rings. The quantitative estimate of drug-likeness (QED) is 0.421. The third-order valence-corrected chi connectivity index (χ3v) is 5.81. The number of para-hydroxylation sites is 1. The molecule has 4 nitrogen and oxygen atoms in total. The van der Waals surface area contributed by atoms with E-state index in [0.717, 1.165) is 22.5 Å². The number of halogens is 1. The highest BCUT2D eigenvalue weighted by atomic mass is 35.5. The lowest BCUT2D eigenvalue weighted by Gasteiger charge is -2.09. The van der Waals surface area contributed by atoms with Crippen LogP contribution in [0.15, 0.2) is 46.9 Å². The lowest BCUT2D eigenvalue weighted by molar-refractivity contribution is 0.344. The Bertz CT molecular complexity index is 815. The fourth-order valence-corrected chi connectivity index (χ4v) is 4.18. The minimum absolute atomic E-state index is 0.545. The predicted molar refractivity (Wildman–Crippen MR) is 99.3 cm³/mol. The van der Waals surface area contributed by atoms with Crippen LogP contribution in [0, 0.1) is 0 Å². The molecule has 0 aliphatic heterocycles. The van der Waals surface area contributed by atoms with Gasteiger partial charge in [-0.2, -0.15) is 0 Å². The fraction of sp³-hybridized carbons (Fsp3) is 0.294. The maximum Gasteiger partial charge on any atom is 0.191 e. The first-order chi connectivity index (χ1) is 11.8. The average Bonchev–Trinajstić information content (AvgIpc) is 3.11. The molecule has 0 radical (unpaired) electrons. The van der Waals surface area contributed by atoms with Crippen molar-refractivity contribution in [2.75, 3.05) is 12.4 Å². The van der Waals surface area contributed by atoms with Crippen LogP contribution in [0.1, 0.15) is 18.9 Å². The van der Waals surface area contributed by atoms with Crippen LogP contribution in [-0.4, -0.2) is 27.1 Å². The number of hydrogen-bond acceptors (Lipinski definition) is 5. The molecule has 0 unspecified atom stereocenters. The molecule has 0 N–H and O–H groups in total. The van der Waals surface area contributed by atoms with Crippen LogP contribution in [0.5, 0.6) is 5.75 Å². The van der Waals surface area contributed by atoms with Gasteiger partial charge in [-0.1, -0.05) is 41.6 Å². The highest BCUT2D eigenvalue weighted by Crippen LogP contribution is 2.41. The summed E-state index contributed by atoms with van der Waals surface area (Å²) < 4.78 is 8.03. The molecule has 0 atom stereocenters. The Hall–Kier alpha value is -1.50. The minimum atomic E-state index is 0.545. The van der Waals surface area contributed by atoms with Gasteiger partial charge in [0.1, 0.15) is 5.75 Å². The van der Waals surface area contributed by atoms with Gasteiger partial charge in [0.15, 0.2) is 11.0 Å². The van der Waals surface area contributed by atoms with Crippen molar-refractivity contribution < 1.29 is 4.74 Å². The Morgan fingerprint density at radius 3 is 2.83 bits per heavy atom. The normalized spacial score (nSPS) is 14.0. The molecule has 0 saturated heterocycles. The number of aromatic nitrogens is 3. The second-order valence-electron chi connectivity index (χ2n) is 5.51. The molecule has 24 heavy (non-hydrogen) atoms. The zero-order chi connectivity index (χ0) is 16.4. The number of benzene rings is 1. The molecule has 2 heterocycles. The van der Waals surface area contributed by atoms with Gasteiger partial charge in [0.2, 0.25) is 0 Å². The van der Waals surface area contributed by atoms with Gasteiger partial charge >= 0.3 is 0 Å². The molecule has 124 valence electrons.